The van der Waals surface area contributed by atoms with Crippen molar-refractivity contribution in [3.8, 4) is 0 Å². The SMILES string of the molecule is CC(C)C(C)SCCNC(=O)CCNC(=O)C(O)C(C)(C)COP(=O)(O)OP(=O)(O)OC[C@H]1O[C@@H](n2cnc3c(N)ncnc32)[C@H](O)[C@@H]1OP(=O)(O)O. The van der Waals surface area contributed by atoms with Crippen molar-refractivity contribution in [2.75, 3.05) is 37.8 Å². The normalized spacial score (nSPS) is 23.0. The molecule has 53 heavy (non-hydrogen) atoms. The van der Waals surface area contributed by atoms with E-state index in [1.165, 1.54) is 13.8 Å². The Morgan fingerprint density at radius 3 is 2.36 bits per heavy atom. The van der Waals surface area contributed by atoms with Crippen molar-refractivity contribution in [2.45, 2.75) is 76.9 Å². The average molecular weight is 838 g/mol. The minimum atomic E-state index is -5.55. The summed E-state index contributed by atoms with van der Waals surface area (Å²) in [4.78, 5) is 75.5. The maximum Gasteiger partial charge on any atom is 0.481 e. The summed E-state index contributed by atoms with van der Waals surface area (Å²) < 4.78 is 62.1. The first kappa shape index (κ1) is 45.3. The van der Waals surface area contributed by atoms with Crippen LogP contribution in [0, 0.1) is 11.3 Å². The van der Waals surface area contributed by atoms with Gasteiger partial charge in [0.2, 0.25) is 11.8 Å². The predicted molar refractivity (Wildman–Crippen MR) is 186 cm³/mol. The molecule has 1 fully saturated rings. The van der Waals surface area contributed by atoms with Gasteiger partial charge in [-0.05, 0) is 5.92 Å². The number of ether oxygens (including phenoxy) is 1. The molecule has 10 N–H and O–H groups in total. The molecule has 0 aliphatic carbocycles. The van der Waals surface area contributed by atoms with Crippen molar-refractivity contribution in [1.29, 1.82) is 0 Å². The van der Waals surface area contributed by atoms with Gasteiger partial charge in [0.05, 0.1) is 19.5 Å². The third kappa shape index (κ3) is 13.6. The first-order valence-corrected chi connectivity index (χ1v) is 21.5. The fourth-order valence-corrected chi connectivity index (χ4v) is 8.37. The third-order valence-electron chi connectivity index (χ3n) is 7.82. The van der Waals surface area contributed by atoms with Crippen LogP contribution in [0.5, 0.6) is 0 Å². The number of fused-ring (bicyclic) bond motifs is 1. The number of rotatable bonds is 21. The number of phosphoric acid groups is 3. The molecule has 2 aromatic heterocycles. The molecule has 1 aliphatic rings. The van der Waals surface area contributed by atoms with Gasteiger partial charge in [0, 0.05) is 35.9 Å². The molecule has 0 saturated carbocycles. The number of hydrogen-bond acceptors (Lipinski definition) is 17. The summed E-state index contributed by atoms with van der Waals surface area (Å²) in [7, 11) is -16.3. The highest BCUT2D eigenvalue weighted by Crippen LogP contribution is 2.61. The van der Waals surface area contributed by atoms with Gasteiger partial charge in [-0.15, -0.1) is 0 Å². The summed E-state index contributed by atoms with van der Waals surface area (Å²) in [6.45, 7) is 7.21. The lowest BCUT2D eigenvalue weighted by atomic mass is 9.87. The Balaban J connectivity index is 1.52. The van der Waals surface area contributed by atoms with E-state index in [9.17, 15) is 53.1 Å². The molecule has 4 unspecified atom stereocenters. The number of nitrogen functional groups attached to an aromatic ring is 1. The maximum atomic E-state index is 12.7. The lowest BCUT2D eigenvalue weighted by Crippen LogP contribution is -2.46. The van der Waals surface area contributed by atoms with Crippen molar-refractivity contribution < 1.29 is 75.7 Å². The van der Waals surface area contributed by atoms with Gasteiger partial charge in [-0.1, -0.05) is 34.6 Å². The van der Waals surface area contributed by atoms with Crippen LogP contribution in [0.4, 0.5) is 5.82 Å². The monoisotopic (exact) mass is 837 g/mol. The second kappa shape index (κ2) is 18.7. The maximum absolute atomic E-state index is 12.7. The lowest BCUT2D eigenvalue weighted by molar-refractivity contribution is -0.137. The summed E-state index contributed by atoms with van der Waals surface area (Å²) >= 11 is 1.72. The Labute approximate surface area is 308 Å². The first-order valence-electron chi connectivity index (χ1n) is 15.9. The number of aromatic nitrogens is 4. The second-order valence-corrected chi connectivity index (χ2v) is 18.6. The Morgan fingerprint density at radius 1 is 1.06 bits per heavy atom. The number of hydrogen-bond donors (Lipinski definition) is 9. The molecule has 8 atom stereocenters. The van der Waals surface area contributed by atoms with E-state index >= 15 is 0 Å². The van der Waals surface area contributed by atoms with E-state index in [4.69, 9.17) is 19.5 Å². The van der Waals surface area contributed by atoms with Gasteiger partial charge >= 0.3 is 23.5 Å². The zero-order chi connectivity index (χ0) is 39.9. The molecular weight excluding hydrogens is 791 g/mol. The number of aliphatic hydroxyl groups is 2. The van der Waals surface area contributed by atoms with E-state index < -0.39 is 78.6 Å². The molecule has 2 aromatic rings. The minimum absolute atomic E-state index is 0.0344. The standard InChI is InChI=1S/C26H46N7O16P3S/c1-14(2)15(3)53-9-8-28-17(34)6-7-29-24(37)21(36)26(4,5)11-46-52(43,44)49-51(41,42)45-10-16-20(48-50(38,39)40)19(35)25(47-16)33-13-32-18-22(27)30-12-31-23(18)33/h12-16,19-21,25,35-36H,6-11H2,1-5H3,(H,28,34)(H,29,37)(H,41,42)(H,43,44)(H2,27,30,31)(H2,38,39,40)/t15?,16-,19-,20-,21?,25-/m1/s1. The second-order valence-electron chi connectivity index (χ2n) is 12.9. The fraction of sp³-hybridized carbons (Fsp3) is 0.731. The molecule has 0 radical (unpaired) electrons. The molecular formula is C26H46N7O16P3S. The van der Waals surface area contributed by atoms with Crippen LogP contribution in [0.3, 0.4) is 0 Å². The highest BCUT2D eigenvalue weighted by molar-refractivity contribution is 7.99. The molecule has 1 aliphatic heterocycles. The quantitative estimate of drug-likeness (QED) is 0.0598. The molecule has 1 saturated heterocycles. The van der Waals surface area contributed by atoms with Crippen molar-refractivity contribution in [3.63, 3.8) is 0 Å². The van der Waals surface area contributed by atoms with Crippen molar-refractivity contribution in [2.24, 2.45) is 11.3 Å². The predicted octanol–water partition coefficient (Wildman–Crippen LogP) is 0.183. The van der Waals surface area contributed by atoms with Crippen molar-refractivity contribution in [3.05, 3.63) is 12.7 Å². The Morgan fingerprint density at radius 2 is 1.72 bits per heavy atom. The van der Waals surface area contributed by atoms with Gasteiger partial charge < -0.3 is 50.9 Å². The summed E-state index contributed by atoms with van der Waals surface area (Å²) in [6.07, 6.45) is -6.71. The lowest BCUT2D eigenvalue weighted by Gasteiger charge is -2.30. The van der Waals surface area contributed by atoms with Gasteiger partial charge in [0.15, 0.2) is 17.7 Å². The number of phosphoric ester groups is 3. The largest absolute Gasteiger partial charge is 0.481 e. The number of carbonyl (C=O) groups is 2. The molecule has 0 aromatic carbocycles. The van der Waals surface area contributed by atoms with Gasteiger partial charge in [-0.2, -0.15) is 16.1 Å². The molecule has 2 amide bonds. The van der Waals surface area contributed by atoms with Gasteiger partial charge in [0.25, 0.3) is 0 Å². The number of imidazole rings is 1. The molecule has 0 spiro atoms. The smallest absolute Gasteiger partial charge is 0.386 e. The molecule has 0 bridgehead atoms. The van der Waals surface area contributed by atoms with Crippen molar-refractivity contribution in [1.82, 2.24) is 30.2 Å². The molecule has 23 nitrogen and oxygen atoms in total. The van der Waals surface area contributed by atoms with Crippen LogP contribution in [-0.2, 0) is 45.9 Å². The van der Waals surface area contributed by atoms with Crippen LogP contribution in [0.15, 0.2) is 12.7 Å². The topological polar surface area (TPSA) is 347 Å². The van der Waals surface area contributed by atoms with E-state index in [0.717, 1.165) is 17.2 Å². The Hall–Kier alpha value is -2.11. The van der Waals surface area contributed by atoms with Crippen LogP contribution in [0.25, 0.3) is 11.2 Å². The average Bonchev–Trinajstić information content (AvgIpc) is 3.60. The number of amides is 2. The van der Waals surface area contributed by atoms with Crippen LogP contribution in [0.2, 0.25) is 0 Å². The number of thioether (sulfide) groups is 1. The fourth-order valence-electron chi connectivity index (χ4n) is 4.57. The molecule has 3 rings (SSSR count). The summed E-state index contributed by atoms with van der Waals surface area (Å²) in [5.74, 6) is -0.0730. The number of anilines is 1. The van der Waals surface area contributed by atoms with Crippen LogP contribution < -0.4 is 16.4 Å². The Bertz CT molecular complexity index is 1710. The highest BCUT2D eigenvalue weighted by atomic mass is 32.2. The molecule has 302 valence electrons. The van der Waals surface area contributed by atoms with E-state index in [2.05, 4.69) is 55.2 Å². The van der Waals surface area contributed by atoms with E-state index in [0.29, 0.717) is 23.5 Å². The van der Waals surface area contributed by atoms with Gasteiger partial charge in [0.1, 0.15) is 36.3 Å². The number of aliphatic hydroxyl groups excluding tert-OH is 2. The number of nitrogens with two attached hydrogens (primary N) is 1. The summed E-state index contributed by atoms with van der Waals surface area (Å²) in [5.41, 5.74) is 4.32. The molecule has 27 heteroatoms. The number of nitrogens with one attached hydrogen (secondary N) is 2. The van der Waals surface area contributed by atoms with Gasteiger partial charge in [-0.25, -0.2) is 28.6 Å². The van der Waals surface area contributed by atoms with Crippen LogP contribution in [-0.4, -0.2) is 123 Å². The molecule has 3 heterocycles. The zero-order valence-electron chi connectivity index (χ0n) is 29.3. The first-order chi connectivity index (χ1) is 24.4. The highest BCUT2D eigenvalue weighted by Gasteiger charge is 2.50. The van der Waals surface area contributed by atoms with E-state index in [1.807, 2.05) is 0 Å². The van der Waals surface area contributed by atoms with Crippen LogP contribution in [0.1, 0.15) is 47.3 Å². The third-order valence-corrected chi connectivity index (χ3v) is 12.4. The van der Waals surface area contributed by atoms with E-state index in [-0.39, 0.29) is 35.9 Å². The summed E-state index contributed by atoms with van der Waals surface area (Å²) in [6, 6.07) is 0. The number of nitrogens with zero attached hydrogens (tertiary/aromatic N) is 4. The zero-order valence-corrected chi connectivity index (χ0v) is 32.8. The number of carbonyl (C=O) groups excluding carboxylic acids is 2. The van der Waals surface area contributed by atoms with E-state index in [1.54, 1.807) is 11.8 Å². The Kier molecular flexibility index (Phi) is 16.0. The van der Waals surface area contributed by atoms with Gasteiger partial charge in [-0.3, -0.25) is 27.7 Å². The van der Waals surface area contributed by atoms with Crippen molar-refractivity contribution >= 4 is 64.0 Å². The summed E-state index contributed by atoms with van der Waals surface area (Å²) in [5, 5.41) is 27.0. The van der Waals surface area contributed by atoms with Crippen LogP contribution >= 0.6 is 35.2 Å². The minimum Gasteiger partial charge on any atom is -0.386 e.